The number of rotatable bonds is 3. The molecule has 1 aromatic heterocycles. The molecule has 1 saturated heterocycles. The fourth-order valence-corrected chi connectivity index (χ4v) is 3.61. The lowest BCUT2D eigenvalue weighted by Gasteiger charge is -2.35. The molecule has 2 N–H and O–H groups in total. The number of fused-ring (bicyclic) bond motifs is 1. The first kappa shape index (κ1) is 14.5. The molecular formula is C18H25N3. The van der Waals surface area contributed by atoms with Crippen molar-refractivity contribution in [2.45, 2.75) is 44.7 Å². The topological polar surface area (TPSA) is 42.1 Å². The van der Waals surface area contributed by atoms with E-state index in [1.54, 1.807) is 0 Å². The summed E-state index contributed by atoms with van der Waals surface area (Å²) in [4.78, 5) is 7.04. The van der Waals surface area contributed by atoms with E-state index in [4.69, 9.17) is 5.73 Å². The van der Waals surface area contributed by atoms with E-state index in [-0.39, 0.29) is 6.04 Å². The highest BCUT2D eigenvalue weighted by molar-refractivity contribution is 5.85. The first-order valence-electron chi connectivity index (χ1n) is 8.09. The maximum absolute atomic E-state index is 6.17. The van der Waals surface area contributed by atoms with E-state index < -0.39 is 0 Å². The van der Waals surface area contributed by atoms with Gasteiger partial charge in [-0.15, -0.1) is 0 Å². The van der Waals surface area contributed by atoms with Crippen LogP contribution in [0.2, 0.25) is 0 Å². The van der Waals surface area contributed by atoms with Gasteiger partial charge in [0.25, 0.3) is 0 Å². The van der Waals surface area contributed by atoms with Crippen LogP contribution < -0.4 is 5.73 Å². The maximum Gasteiger partial charge on any atom is 0.0494 e. The van der Waals surface area contributed by atoms with E-state index in [1.165, 1.54) is 42.0 Å². The maximum atomic E-state index is 6.17. The summed E-state index contributed by atoms with van der Waals surface area (Å²) in [6.07, 6.45) is 9.18. The number of nitrogens with zero attached hydrogens (tertiary/aromatic N) is 2. The van der Waals surface area contributed by atoms with Crippen molar-refractivity contribution in [3.63, 3.8) is 0 Å². The molecular weight excluding hydrogens is 258 g/mol. The molecule has 0 saturated carbocycles. The van der Waals surface area contributed by atoms with Crippen LogP contribution in [-0.2, 0) is 0 Å². The first-order valence-corrected chi connectivity index (χ1v) is 8.09. The number of aromatic nitrogens is 1. The molecule has 0 bridgehead atoms. The zero-order valence-electron chi connectivity index (χ0n) is 12.8. The zero-order chi connectivity index (χ0) is 14.7. The molecule has 1 fully saturated rings. The Kier molecular flexibility index (Phi) is 4.51. The van der Waals surface area contributed by atoms with Gasteiger partial charge in [-0.2, -0.15) is 0 Å². The molecule has 1 aliphatic rings. The largest absolute Gasteiger partial charge is 0.329 e. The minimum Gasteiger partial charge on any atom is -0.329 e. The van der Waals surface area contributed by atoms with Gasteiger partial charge in [0, 0.05) is 36.4 Å². The summed E-state index contributed by atoms with van der Waals surface area (Å²) in [5, 5.41) is 2.50. The third-order valence-corrected chi connectivity index (χ3v) is 4.79. The number of hydrogen-bond donors (Lipinski definition) is 1. The zero-order valence-corrected chi connectivity index (χ0v) is 12.8. The fourth-order valence-electron chi connectivity index (χ4n) is 3.61. The predicted molar refractivity (Wildman–Crippen MR) is 88.2 cm³/mol. The van der Waals surface area contributed by atoms with Gasteiger partial charge in [0.2, 0.25) is 0 Å². The van der Waals surface area contributed by atoms with Crippen LogP contribution in [0.3, 0.4) is 0 Å². The van der Waals surface area contributed by atoms with Gasteiger partial charge in [-0.25, -0.2) is 0 Å². The molecule has 1 aliphatic heterocycles. The van der Waals surface area contributed by atoms with E-state index in [9.17, 15) is 0 Å². The Morgan fingerprint density at radius 3 is 2.95 bits per heavy atom. The average Bonchev–Trinajstić information content (AvgIpc) is 2.74. The monoisotopic (exact) mass is 283 g/mol. The summed E-state index contributed by atoms with van der Waals surface area (Å²) < 4.78 is 0. The Hall–Kier alpha value is -1.45. The number of hydrogen-bond acceptors (Lipinski definition) is 3. The van der Waals surface area contributed by atoms with Crippen LogP contribution in [0.5, 0.6) is 0 Å². The lowest BCUT2D eigenvalue weighted by molar-refractivity contribution is 0.151. The summed E-state index contributed by atoms with van der Waals surface area (Å²) in [6, 6.07) is 9.37. The lowest BCUT2D eigenvalue weighted by atomic mass is 9.99. The molecule has 2 heterocycles. The van der Waals surface area contributed by atoms with Crippen molar-refractivity contribution in [2.24, 2.45) is 5.73 Å². The van der Waals surface area contributed by atoms with Crippen LogP contribution in [0.15, 0.2) is 36.7 Å². The quantitative estimate of drug-likeness (QED) is 0.937. The van der Waals surface area contributed by atoms with Crippen molar-refractivity contribution < 1.29 is 0 Å². The van der Waals surface area contributed by atoms with E-state index in [2.05, 4.69) is 41.1 Å². The minimum atomic E-state index is 0.275. The molecule has 0 spiro atoms. The molecule has 3 heteroatoms. The number of nitrogens with two attached hydrogens (primary N) is 1. The minimum absolute atomic E-state index is 0.275. The van der Waals surface area contributed by atoms with E-state index >= 15 is 0 Å². The van der Waals surface area contributed by atoms with Crippen molar-refractivity contribution >= 4 is 10.8 Å². The van der Waals surface area contributed by atoms with Gasteiger partial charge in [-0.3, -0.25) is 9.88 Å². The van der Waals surface area contributed by atoms with Gasteiger partial charge < -0.3 is 5.73 Å². The number of likely N-dealkylation sites (tertiary alicyclic amines) is 1. The molecule has 1 aromatic carbocycles. The van der Waals surface area contributed by atoms with Crippen LogP contribution >= 0.6 is 0 Å². The SMILES string of the molecule is CC1CCCCCN1C(CN)c1cncc2ccccc12. The van der Waals surface area contributed by atoms with Crippen molar-refractivity contribution in [1.29, 1.82) is 0 Å². The summed E-state index contributed by atoms with van der Waals surface area (Å²) in [6.45, 7) is 4.14. The highest BCUT2D eigenvalue weighted by Gasteiger charge is 2.26. The summed E-state index contributed by atoms with van der Waals surface area (Å²) in [5.41, 5.74) is 7.45. The second-order valence-corrected chi connectivity index (χ2v) is 6.14. The summed E-state index contributed by atoms with van der Waals surface area (Å²) in [7, 11) is 0. The highest BCUT2D eigenvalue weighted by Crippen LogP contribution is 2.31. The normalized spacial score (nSPS) is 22.1. The van der Waals surface area contributed by atoms with Crippen molar-refractivity contribution in [1.82, 2.24) is 9.88 Å². The molecule has 3 rings (SSSR count). The molecule has 21 heavy (non-hydrogen) atoms. The number of pyridine rings is 1. The molecule has 2 aromatic rings. The summed E-state index contributed by atoms with van der Waals surface area (Å²) >= 11 is 0. The predicted octanol–water partition coefficient (Wildman–Crippen LogP) is 3.50. The average molecular weight is 283 g/mol. The summed E-state index contributed by atoms with van der Waals surface area (Å²) in [5.74, 6) is 0. The lowest BCUT2D eigenvalue weighted by Crippen LogP contribution is -2.39. The van der Waals surface area contributed by atoms with Gasteiger partial charge in [-0.05, 0) is 37.3 Å². The molecule has 112 valence electrons. The molecule has 0 aliphatic carbocycles. The standard InChI is InChI=1S/C18H25N3/c1-14-7-3-2-6-10-21(14)18(11-19)17-13-20-12-15-8-4-5-9-16(15)17/h4-5,8-9,12-14,18H,2-3,6-7,10-11,19H2,1H3. The van der Waals surface area contributed by atoms with Gasteiger partial charge in [-0.1, -0.05) is 37.1 Å². The Bertz CT molecular complexity index is 591. The van der Waals surface area contributed by atoms with Crippen LogP contribution in [0.1, 0.15) is 44.2 Å². The molecule has 2 atom stereocenters. The second kappa shape index (κ2) is 6.54. The van der Waals surface area contributed by atoms with Crippen LogP contribution in [0, 0.1) is 0 Å². The Labute approximate surface area is 127 Å². The number of benzene rings is 1. The molecule has 3 nitrogen and oxygen atoms in total. The first-order chi connectivity index (χ1) is 10.3. The van der Waals surface area contributed by atoms with Gasteiger partial charge in [0.1, 0.15) is 0 Å². The molecule has 0 radical (unpaired) electrons. The van der Waals surface area contributed by atoms with Crippen molar-refractivity contribution in [3.05, 3.63) is 42.2 Å². The van der Waals surface area contributed by atoms with E-state index in [0.29, 0.717) is 12.6 Å². The van der Waals surface area contributed by atoms with Gasteiger partial charge >= 0.3 is 0 Å². The van der Waals surface area contributed by atoms with Gasteiger partial charge in [0.05, 0.1) is 0 Å². The van der Waals surface area contributed by atoms with Crippen LogP contribution in [-0.4, -0.2) is 29.0 Å². The smallest absolute Gasteiger partial charge is 0.0494 e. The van der Waals surface area contributed by atoms with Gasteiger partial charge in [0.15, 0.2) is 0 Å². The fraction of sp³-hybridized carbons (Fsp3) is 0.500. The molecule has 2 unspecified atom stereocenters. The third-order valence-electron chi connectivity index (χ3n) is 4.79. The van der Waals surface area contributed by atoms with E-state index in [1.807, 2.05) is 12.4 Å². The Morgan fingerprint density at radius 2 is 2.10 bits per heavy atom. The van der Waals surface area contributed by atoms with Crippen molar-refractivity contribution in [2.75, 3.05) is 13.1 Å². The Morgan fingerprint density at radius 1 is 1.24 bits per heavy atom. The van der Waals surface area contributed by atoms with Crippen LogP contribution in [0.25, 0.3) is 10.8 Å². The molecule has 0 amide bonds. The van der Waals surface area contributed by atoms with Crippen molar-refractivity contribution in [3.8, 4) is 0 Å². The highest BCUT2D eigenvalue weighted by atomic mass is 15.2. The second-order valence-electron chi connectivity index (χ2n) is 6.14. The van der Waals surface area contributed by atoms with Crippen LogP contribution in [0.4, 0.5) is 0 Å². The third kappa shape index (κ3) is 2.94. The Balaban J connectivity index is 2.01. The van der Waals surface area contributed by atoms with E-state index in [0.717, 1.165) is 6.54 Å².